The van der Waals surface area contributed by atoms with Crippen LogP contribution in [0.3, 0.4) is 0 Å². The normalized spacial score (nSPS) is 17.9. The van der Waals surface area contributed by atoms with Crippen molar-refractivity contribution < 1.29 is 27.8 Å². The van der Waals surface area contributed by atoms with Crippen molar-refractivity contribution in [1.82, 2.24) is 9.47 Å². The second-order valence-electron chi connectivity index (χ2n) is 10.6. The number of halogens is 2. The molecule has 0 N–H and O–H groups in total. The number of aromatic nitrogens is 1. The summed E-state index contributed by atoms with van der Waals surface area (Å²) in [5, 5.41) is -0.0109. The number of thioether (sulfide) groups is 1. The van der Waals surface area contributed by atoms with E-state index in [1.165, 1.54) is 6.20 Å². The molecule has 4 rings (SSSR count). The largest absolute Gasteiger partial charge is 0.462 e. The Bertz CT molecular complexity index is 1250. The summed E-state index contributed by atoms with van der Waals surface area (Å²) in [5.74, 6) is -1.72. The predicted molar refractivity (Wildman–Crippen MR) is 139 cm³/mol. The number of hydrogen-bond donors (Lipinski definition) is 0. The molecular formula is C27H34F2N2O5S. The molecule has 2 heterocycles. The average molecular weight is 537 g/mol. The van der Waals surface area contributed by atoms with Crippen LogP contribution in [-0.4, -0.2) is 57.8 Å². The molecule has 1 unspecified atom stereocenters. The van der Waals surface area contributed by atoms with Gasteiger partial charge in [-0.05, 0) is 71.6 Å². The third-order valence-corrected chi connectivity index (χ3v) is 7.66. The van der Waals surface area contributed by atoms with Gasteiger partial charge in [0.05, 0.1) is 12.1 Å². The summed E-state index contributed by atoms with van der Waals surface area (Å²) >= 11 is 1.56. The highest BCUT2D eigenvalue weighted by Crippen LogP contribution is 2.39. The summed E-state index contributed by atoms with van der Waals surface area (Å²) in [5.41, 5.74) is -0.917. The minimum Gasteiger partial charge on any atom is -0.462 e. The van der Waals surface area contributed by atoms with E-state index in [0.29, 0.717) is 23.6 Å². The number of fused-ring (bicyclic) bond motifs is 1. The molecule has 2 aromatic rings. The SMILES string of the molecule is CCOC(=O)c1cn(C2CC2)c2c(CCSCC3CCCN3C(=O)OC(C)(C)C)c(F)c(F)cc2c1=O. The summed E-state index contributed by atoms with van der Waals surface area (Å²) in [4.78, 5) is 39.8. The van der Waals surface area contributed by atoms with Crippen LogP contribution in [0.5, 0.6) is 0 Å². The maximum absolute atomic E-state index is 15.1. The van der Waals surface area contributed by atoms with E-state index in [4.69, 9.17) is 9.47 Å². The fourth-order valence-electron chi connectivity index (χ4n) is 4.73. The number of ether oxygens (including phenoxy) is 2. The average Bonchev–Trinajstić information content (AvgIpc) is 3.55. The van der Waals surface area contributed by atoms with Crippen LogP contribution < -0.4 is 5.43 Å². The summed E-state index contributed by atoms with van der Waals surface area (Å²) in [6, 6.07) is 0.932. The van der Waals surface area contributed by atoms with Crippen LogP contribution in [0.1, 0.15) is 75.3 Å². The first-order valence-electron chi connectivity index (χ1n) is 12.8. The molecule has 0 radical (unpaired) electrons. The maximum atomic E-state index is 15.1. The molecule has 202 valence electrons. The first-order chi connectivity index (χ1) is 17.5. The molecule has 1 aliphatic carbocycles. The molecule has 10 heteroatoms. The molecule has 2 aliphatic rings. The van der Waals surface area contributed by atoms with E-state index in [0.717, 1.165) is 31.7 Å². The Morgan fingerprint density at radius 3 is 2.57 bits per heavy atom. The Labute approximate surface area is 219 Å². The van der Waals surface area contributed by atoms with Crippen molar-refractivity contribution in [2.75, 3.05) is 24.7 Å². The Balaban J connectivity index is 1.55. The quantitative estimate of drug-likeness (QED) is 0.329. The molecule has 0 spiro atoms. The lowest BCUT2D eigenvalue weighted by atomic mass is 10.0. The van der Waals surface area contributed by atoms with E-state index < -0.39 is 28.6 Å². The van der Waals surface area contributed by atoms with Crippen LogP contribution in [0.4, 0.5) is 13.6 Å². The highest BCUT2D eigenvalue weighted by molar-refractivity contribution is 7.99. The number of benzene rings is 1. The van der Waals surface area contributed by atoms with E-state index in [2.05, 4.69) is 0 Å². The highest BCUT2D eigenvalue weighted by atomic mass is 32.2. The van der Waals surface area contributed by atoms with Crippen molar-refractivity contribution in [2.24, 2.45) is 0 Å². The van der Waals surface area contributed by atoms with Gasteiger partial charge in [-0.3, -0.25) is 4.79 Å². The van der Waals surface area contributed by atoms with Crippen molar-refractivity contribution in [3.05, 3.63) is 45.2 Å². The van der Waals surface area contributed by atoms with Gasteiger partial charge in [0, 0.05) is 41.5 Å². The Morgan fingerprint density at radius 2 is 1.92 bits per heavy atom. The van der Waals surface area contributed by atoms with E-state index in [9.17, 15) is 18.8 Å². The number of likely N-dealkylation sites (tertiary alicyclic amines) is 1. The van der Waals surface area contributed by atoms with Gasteiger partial charge in [-0.15, -0.1) is 0 Å². The first kappa shape index (κ1) is 27.4. The molecule has 1 aromatic heterocycles. The van der Waals surface area contributed by atoms with Crippen molar-refractivity contribution in [3.8, 4) is 0 Å². The van der Waals surface area contributed by atoms with Crippen molar-refractivity contribution in [2.45, 2.75) is 77.5 Å². The molecule has 1 atom stereocenters. The van der Waals surface area contributed by atoms with E-state index >= 15 is 4.39 Å². The van der Waals surface area contributed by atoms with Crippen molar-refractivity contribution in [1.29, 1.82) is 0 Å². The Kier molecular flexibility index (Phi) is 8.16. The van der Waals surface area contributed by atoms with Crippen LogP contribution in [0.2, 0.25) is 0 Å². The zero-order valence-corrected chi connectivity index (χ0v) is 22.6. The number of amides is 1. The first-order valence-corrected chi connectivity index (χ1v) is 14.0. The van der Waals surface area contributed by atoms with Crippen LogP contribution in [0.15, 0.2) is 17.1 Å². The van der Waals surface area contributed by atoms with Gasteiger partial charge in [0.1, 0.15) is 11.2 Å². The van der Waals surface area contributed by atoms with Gasteiger partial charge >= 0.3 is 12.1 Å². The van der Waals surface area contributed by atoms with Gasteiger partial charge in [-0.1, -0.05) is 0 Å². The van der Waals surface area contributed by atoms with Gasteiger partial charge in [-0.25, -0.2) is 18.4 Å². The topological polar surface area (TPSA) is 77.8 Å². The molecule has 1 aromatic carbocycles. The number of carbonyl (C=O) groups excluding carboxylic acids is 2. The van der Waals surface area contributed by atoms with Gasteiger partial charge < -0.3 is 18.9 Å². The molecule has 7 nitrogen and oxygen atoms in total. The third-order valence-electron chi connectivity index (χ3n) is 6.55. The minimum absolute atomic E-state index is 0.0109. The monoisotopic (exact) mass is 536 g/mol. The lowest BCUT2D eigenvalue weighted by Gasteiger charge is -2.28. The number of esters is 1. The smallest absolute Gasteiger partial charge is 0.410 e. The lowest BCUT2D eigenvalue weighted by molar-refractivity contribution is 0.0241. The molecule has 2 fully saturated rings. The third kappa shape index (κ3) is 6.10. The number of rotatable bonds is 8. The number of carbonyl (C=O) groups is 2. The zero-order valence-electron chi connectivity index (χ0n) is 21.8. The van der Waals surface area contributed by atoms with Gasteiger partial charge in [0.15, 0.2) is 11.6 Å². The molecule has 1 amide bonds. The number of aryl methyl sites for hydroxylation is 1. The second kappa shape index (κ2) is 11.0. The summed E-state index contributed by atoms with van der Waals surface area (Å²) < 4.78 is 42.0. The fraction of sp³-hybridized carbons (Fsp3) is 0.593. The summed E-state index contributed by atoms with van der Waals surface area (Å²) in [6.45, 7) is 7.88. The van der Waals surface area contributed by atoms with Gasteiger partial charge in [-0.2, -0.15) is 11.8 Å². The minimum atomic E-state index is -1.11. The van der Waals surface area contributed by atoms with Crippen LogP contribution in [0, 0.1) is 11.6 Å². The fourth-order valence-corrected chi connectivity index (χ4v) is 5.86. The molecule has 1 aliphatic heterocycles. The van der Waals surface area contributed by atoms with Crippen LogP contribution >= 0.6 is 11.8 Å². The summed E-state index contributed by atoms with van der Waals surface area (Å²) in [6.07, 6.45) is 4.72. The van der Waals surface area contributed by atoms with Crippen LogP contribution in [0.25, 0.3) is 10.9 Å². The molecule has 0 bridgehead atoms. The van der Waals surface area contributed by atoms with Crippen LogP contribution in [-0.2, 0) is 15.9 Å². The van der Waals surface area contributed by atoms with Crippen molar-refractivity contribution >= 4 is 34.7 Å². The van der Waals surface area contributed by atoms with Crippen molar-refractivity contribution in [3.63, 3.8) is 0 Å². The Hall–Kier alpha value is -2.62. The lowest BCUT2D eigenvalue weighted by Crippen LogP contribution is -2.40. The molecule has 37 heavy (non-hydrogen) atoms. The standard InChI is InChI=1S/C27H34F2N2O5S/c1-5-35-25(33)20-14-31(16-8-9-16)23-18(22(29)21(28)13-19(23)24(20)32)10-12-37-15-17-7-6-11-30(17)26(34)36-27(2,3)4/h13-14,16-17H,5-12,15H2,1-4H3. The second-order valence-corrected chi connectivity index (χ2v) is 11.7. The van der Waals surface area contributed by atoms with E-state index in [-0.39, 0.29) is 47.7 Å². The number of pyridine rings is 1. The van der Waals surface area contributed by atoms with Gasteiger partial charge in [0.2, 0.25) is 5.43 Å². The zero-order chi connectivity index (χ0) is 26.9. The highest BCUT2D eigenvalue weighted by Gasteiger charge is 2.33. The summed E-state index contributed by atoms with van der Waals surface area (Å²) in [7, 11) is 0. The molecular weight excluding hydrogens is 502 g/mol. The molecule has 1 saturated heterocycles. The predicted octanol–water partition coefficient (Wildman–Crippen LogP) is 5.47. The maximum Gasteiger partial charge on any atom is 0.410 e. The Morgan fingerprint density at radius 1 is 1.19 bits per heavy atom. The van der Waals surface area contributed by atoms with E-state index in [1.807, 2.05) is 20.8 Å². The number of hydrogen-bond acceptors (Lipinski definition) is 6. The van der Waals surface area contributed by atoms with Gasteiger partial charge in [0.25, 0.3) is 0 Å². The number of nitrogens with zero attached hydrogens (tertiary/aromatic N) is 2. The molecule has 1 saturated carbocycles. The van der Waals surface area contributed by atoms with E-state index in [1.54, 1.807) is 28.2 Å².